The molecular formula is C10H9N3O2. The number of hydrogen-bond acceptors (Lipinski definition) is 2. The van der Waals surface area contributed by atoms with E-state index in [1.54, 1.807) is 6.07 Å². The van der Waals surface area contributed by atoms with Crippen LogP contribution in [0.1, 0.15) is 10.5 Å². The highest BCUT2D eigenvalue weighted by Gasteiger charge is 2.07. The van der Waals surface area contributed by atoms with Crippen LogP contribution in [0.25, 0.3) is 10.9 Å². The first kappa shape index (κ1) is 9.26. The van der Waals surface area contributed by atoms with Gasteiger partial charge in [-0.3, -0.25) is 20.4 Å². The number of hydrogen-bond donors (Lipinski definition) is 3. The number of H-pyrrole nitrogens is 1. The Morgan fingerprint density at radius 3 is 2.87 bits per heavy atom. The van der Waals surface area contributed by atoms with E-state index in [1.807, 2.05) is 24.3 Å². The van der Waals surface area contributed by atoms with Crippen LogP contribution in [0.2, 0.25) is 0 Å². The zero-order valence-corrected chi connectivity index (χ0v) is 7.78. The van der Waals surface area contributed by atoms with E-state index >= 15 is 0 Å². The smallest absolute Gasteiger partial charge is 0.286 e. The first-order valence-electron chi connectivity index (χ1n) is 4.38. The summed E-state index contributed by atoms with van der Waals surface area (Å²) in [7, 11) is 0. The molecule has 0 fully saturated rings. The van der Waals surface area contributed by atoms with Crippen LogP contribution in [-0.2, 0) is 4.79 Å². The van der Waals surface area contributed by atoms with Crippen LogP contribution in [0.3, 0.4) is 0 Å². The maximum atomic E-state index is 11.4. The molecule has 1 heterocycles. The molecule has 0 aliphatic carbocycles. The molecule has 0 atom stereocenters. The molecule has 2 amide bonds. The molecule has 3 N–H and O–H groups in total. The highest BCUT2D eigenvalue weighted by atomic mass is 16.2. The largest absolute Gasteiger partial charge is 0.350 e. The third-order valence-electron chi connectivity index (χ3n) is 2.02. The van der Waals surface area contributed by atoms with E-state index in [0.717, 1.165) is 10.9 Å². The van der Waals surface area contributed by atoms with Crippen LogP contribution in [0.4, 0.5) is 0 Å². The molecule has 0 bridgehead atoms. The van der Waals surface area contributed by atoms with E-state index in [2.05, 4.69) is 15.8 Å². The van der Waals surface area contributed by atoms with Gasteiger partial charge in [0.15, 0.2) is 0 Å². The zero-order valence-electron chi connectivity index (χ0n) is 7.78. The summed E-state index contributed by atoms with van der Waals surface area (Å²) >= 11 is 0. The summed E-state index contributed by atoms with van der Waals surface area (Å²) in [6.07, 6.45) is 0.403. The number of amides is 2. The van der Waals surface area contributed by atoms with Crippen molar-refractivity contribution in [2.75, 3.05) is 0 Å². The lowest BCUT2D eigenvalue weighted by molar-refractivity contribution is -0.110. The molecule has 76 valence electrons. The van der Waals surface area contributed by atoms with Gasteiger partial charge in [0.05, 0.1) is 0 Å². The Bertz CT molecular complexity index is 471. The third kappa shape index (κ3) is 1.80. The maximum Gasteiger partial charge on any atom is 0.286 e. The van der Waals surface area contributed by atoms with E-state index in [0.29, 0.717) is 12.1 Å². The van der Waals surface area contributed by atoms with Crippen LogP contribution >= 0.6 is 0 Å². The van der Waals surface area contributed by atoms with Crippen molar-refractivity contribution >= 4 is 23.2 Å². The van der Waals surface area contributed by atoms with Crippen LogP contribution in [0.15, 0.2) is 30.3 Å². The van der Waals surface area contributed by atoms with E-state index < -0.39 is 0 Å². The molecule has 15 heavy (non-hydrogen) atoms. The number of hydrazine groups is 1. The Morgan fingerprint density at radius 1 is 1.33 bits per heavy atom. The van der Waals surface area contributed by atoms with Crippen molar-refractivity contribution in [1.29, 1.82) is 0 Å². The predicted molar refractivity (Wildman–Crippen MR) is 55.0 cm³/mol. The fraction of sp³-hybridized carbons (Fsp3) is 0. The van der Waals surface area contributed by atoms with Gasteiger partial charge in [0, 0.05) is 10.9 Å². The molecule has 0 saturated heterocycles. The lowest BCUT2D eigenvalue weighted by Gasteiger charge is -1.98. The molecule has 0 saturated carbocycles. The number of nitrogens with one attached hydrogen (secondary N) is 3. The summed E-state index contributed by atoms with van der Waals surface area (Å²) in [4.78, 5) is 24.3. The second-order valence-electron chi connectivity index (χ2n) is 2.99. The van der Waals surface area contributed by atoms with Gasteiger partial charge in [-0.05, 0) is 12.1 Å². The zero-order chi connectivity index (χ0) is 10.7. The van der Waals surface area contributed by atoms with E-state index in [1.165, 1.54) is 0 Å². The number of para-hydroxylation sites is 1. The molecule has 2 rings (SSSR count). The van der Waals surface area contributed by atoms with Crippen molar-refractivity contribution in [2.45, 2.75) is 0 Å². The summed E-state index contributed by atoms with van der Waals surface area (Å²) in [6, 6.07) is 9.26. The average molecular weight is 203 g/mol. The molecule has 0 aliphatic heterocycles. The average Bonchev–Trinajstić information content (AvgIpc) is 2.69. The minimum Gasteiger partial charge on any atom is -0.350 e. The minimum absolute atomic E-state index is 0.377. The van der Waals surface area contributed by atoms with Crippen molar-refractivity contribution < 1.29 is 9.59 Å². The second-order valence-corrected chi connectivity index (χ2v) is 2.99. The molecule has 0 unspecified atom stereocenters. The van der Waals surface area contributed by atoms with Gasteiger partial charge < -0.3 is 4.98 Å². The maximum absolute atomic E-state index is 11.4. The highest BCUT2D eigenvalue weighted by Crippen LogP contribution is 2.14. The molecule has 0 spiro atoms. The fourth-order valence-electron chi connectivity index (χ4n) is 1.36. The summed E-state index contributed by atoms with van der Waals surface area (Å²) in [6.45, 7) is 0. The van der Waals surface area contributed by atoms with Crippen molar-refractivity contribution in [3.63, 3.8) is 0 Å². The standard InChI is InChI=1S/C10H9N3O2/c14-6-11-13-10(15)9-5-7-3-1-2-4-8(7)12-9/h1-6,12H,(H,11,14)(H,13,15). The summed E-state index contributed by atoms with van der Waals surface area (Å²) in [5, 5.41) is 0.953. The van der Waals surface area contributed by atoms with Gasteiger partial charge in [-0.2, -0.15) is 0 Å². The van der Waals surface area contributed by atoms with Crippen LogP contribution < -0.4 is 10.9 Å². The Balaban J connectivity index is 2.28. The van der Waals surface area contributed by atoms with Gasteiger partial charge in [0.25, 0.3) is 5.91 Å². The van der Waals surface area contributed by atoms with Gasteiger partial charge in [0.1, 0.15) is 5.69 Å². The van der Waals surface area contributed by atoms with Crippen molar-refractivity contribution in [3.05, 3.63) is 36.0 Å². The summed E-state index contributed by atoms with van der Waals surface area (Å²) < 4.78 is 0. The van der Waals surface area contributed by atoms with Gasteiger partial charge in [-0.25, -0.2) is 0 Å². The van der Waals surface area contributed by atoms with Crippen molar-refractivity contribution in [3.8, 4) is 0 Å². The predicted octanol–water partition coefficient (Wildman–Crippen LogP) is 0.559. The number of benzene rings is 1. The Kier molecular flexibility index (Phi) is 2.37. The van der Waals surface area contributed by atoms with E-state index in [9.17, 15) is 9.59 Å². The molecular weight excluding hydrogens is 194 g/mol. The SMILES string of the molecule is O=CNNC(=O)c1cc2ccccc2[nH]1. The molecule has 5 nitrogen and oxygen atoms in total. The van der Waals surface area contributed by atoms with Gasteiger partial charge in [-0.1, -0.05) is 18.2 Å². The number of aromatic nitrogens is 1. The van der Waals surface area contributed by atoms with Gasteiger partial charge >= 0.3 is 0 Å². The Hall–Kier alpha value is -2.30. The molecule has 2 aromatic rings. The highest BCUT2D eigenvalue weighted by molar-refractivity contribution is 5.98. The molecule has 0 aliphatic rings. The number of aromatic amines is 1. The monoisotopic (exact) mass is 203 g/mol. The van der Waals surface area contributed by atoms with E-state index in [-0.39, 0.29) is 5.91 Å². The Morgan fingerprint density at radius 2 is 2.13 bits per heavy atom. The topological polar surface area (TPSA) is 74.0 Å². The van der Waals surface area contributed by atoms with Crippen LogP contribution in [0, 0.1) is 0 Å². The molecule has 1 aromatic heterocycles. The fourth-order valence-corrected chi connectivity index (χ4v) is 1.36. The Labute approximate surface area is 85.4 Å². The van der Waals surface area contributed by atoms with Crippen LogP contribution in [0.5, 0.6) is 0 Å². The van der Waals surface area contributed by atoms with Crippen molar-refractivity contribution in [1.82, 2.24) is 15.8 Å². The summed E-state index contributed by atoms with van der Waals surface area (Å²) in [5.41, 5.74) is 5.60. The summed E-state index contributed by atoms with van der Waals surface area (Å²) in [5.74, 6) is -0.377. The normalized spacial score (nSPS) is 9.87. The third-order valence-corrected chi connectivity index (χ3v) is 2.02. The van der Waals surface area contributed by atoms with E-state index in [4.69, 9.17) is 0 Å². The second kappa shape index (κ2) is 3.83. The minimum atomic E-state index is -0.377. The first-order valence-corrected chi connectivity index (χ1v) is 4.38. The van der Waals surface area contributed by atoms with Crippen molar-refractivity contribution in [2.24, 2.45) is 0 Å². The lowest BCUT2D eigenvalue weighted by Crippen LogP contribution is -2.36. The molecule has 5 heteroatoms. The van der Waals surface area contributed by atoms with Crippen LogP contribution in [-0.4, -0.2) is 17.3 Å². The first-order chi connectivity index (χ1) is 7.31. The quantitative estimate of drug-likeness (QED) is 0.503. The molecule has 1 aromatic carbocycles. The van der Waals surface area contributed by atoms with Gasteiger partial charge in [-0.15, -0.1) is 0 Å². The number of carbonyl (C=O) groups excluding carboxylic acids is 2. The lowest BCUT2D eigenvalue weighted by atomic mass is 10.2. The van der Waals surface area contributed by atoms with Gasteiger partial charge in [0.2, 0.25) is 6.41 Å². The molecule has 0 radical (unpaired) electrons. The number of fused-ring (bicyclic) bond motifs is 1. The number of rotatable bonds is 3. The number of carbonyl (C=O) groups is 2.